The maximum Gasteiger partial charge on any atom is 0.265 e. The van der Waals surface area contributed by atoms with Crippen LogP contribution in [0.3, 0.4) is 0 Å². The summed E-state index contributed by atoms with van der Waals surface area (Å²) in [6.45, 7) is 4.49. The van der Waals surface area contributed by atoms with Crippen LogP contribution < -0.4 is 4.74 Å². The molecule has 0 heterocycles. The van der Waals surface area contributed by atoms with Crippen LogP contribution in [0, 0.1) is 5.41 Å². The van der Waals surface area contributed by atoms with Gasteiger partial charge >= 0.3 is 0 Å². The molecule has 1 N–H and O–H groups in total. The predicted molar refractivity (Wildman–Crippen MR) is 104 cm³/mol. The number of hydrogen-bond donors (Lipinski definition) is 1. The van der Waals surface area contributed by atoms with Crippen molar-refractivity contribution in [1.82, 2.24) is 0 Å². The second-order valence-electron chi connectivity index (χ2n) is 5.12. The Kier molecular flexibility index (Phi) is 9.98. The molecule has 0 amide bonds. The number of methoxy groups -OCH3 is 1. The molecule has 1 rings (SSSR count). The Morgan fingerprint density at radius 2 is 1.92 bits per heavy atom. The van der Waals surface area contributed by atoms with Gasteiger partial charge in [0.2, 0.25) is 5.90 Å². The van der Waals surface area contributed by atoms with Gasteiger partial charge in [0.1, 0.15) is 12.4 Å². The molecule has 0 saturated carbocycles. The number of ether oxygens (including phenoxy) is 3. The van der Waals surface area contributed by atoms with Gasteiger partial charge in [-0.25, -0.2) is 0 Å². The Balaban J connectivity index is 2.26. The number of benzene rings is 1. The second-order valence-corrected chi connectivity index (χ2v) is 7.40. The van der Waals surface area contributed by atoms with Crippen LogP contribution >= 0.6 is 34.8 Å². The first-order chi connectivity index (χ1) is 11.9. The molecular formula is C18H22Cl3NO3. The maximum absolute atomic E-state index is 7.39. The van der Waals surface area contributed by atoms with Gasteiger partial charge in [0.05, 0.1) is 19.8 Å². The Morgan fingerprint density at radius 1 is 1.24 bits per heavy atom. The first kappa shape index (κ1) is 21.8. The van der Waals surface area contributed by atoms with Crippen molar-refractivity contribution >= 4 is 40.7 Å². The van der Waals surface area contributed by atoms with Crippen molar-refractivity contribution in [3.8, 4) is 5.75 Å². The fourth-order valence-electron chi connectivity index (χ4n) is 1.85. The Bertz CT molecular complexity index is 568. The van der Waals surface area contributed by atoms with Crippen molar-refractivity contribution in [3.05, 3.63) is 54.6 Å². The smallest absolute Gasteiger partial charge is 0.265 e. The van der Waals surface area contributed by atoms with Crippen LogP contribution in [0.1, 0.15) is 18.4 Å². The van der Waals surface area contributed by atoms with E-state index >= 15 is 0 Å². The SMILES string of the molecule is C=C[C@@H](CC/C=C/COC(=N)C(Cl)(Cl)Cl)OCc1ccc(OC)cc1. The van der Waals surface area contributed by atoms with E-state index in [1.165, 1.54) is 0 Å². The Morgan fingerprint density at radius 3 is 2.48 bits per heavy atom. The molecule has 0 spiro atoms. The van der Waals surface area contributed by atoms with E-state index in [1.54, 1.807) is 19.3 Å². The van der Waals surface area contributed by atoms with Crippen LogP contribution in [0.2, 0.25) is 0 Å². The molecule has 138 valence electrons. The van der Waals surface area contributed by atoms with Gasteiger partial charge in [-0.3, -0.25) is 5.41 Å². The van der Waals surface area contributed by atoms with Crippen LogP contribution in [-0.4, -0.2) is 29.5 Å². The fraction of sp³-hybridized carbons (Fsp3) is 0.389. The highest BCUT2D eigenvalue weighted by atomic mass is 35.6. The summed E-state index contributed by atoms with van der Waals surface area (Å²) in [5, 5.41) is 7.39. The third-order valence-electron chi connectivity index (χ3n) is 3.25. The van der Waals surface area contributed by atoms with E-state index in [4.69, 9.17) is 54.4 Å². The highest BCUT2D eigenvalue weighted by Crippen LogP contribution is 2.27. The lowest BCUT2D eigenvalue weighted by Crippen LogP contribution is -2.21. The minimum absolute atomic E-state index is 0.0489. The molecule has 0 aliphatic carbocycles. The number of nitrogens with one attached hydrogen (secondary N) is 1. The molecule has 1 aromatic rings. The number of halogens is 3. The minimum Gasteiger partial charge on any atom is -0.497 e. The third kappa shape index (κ3) is 9.17. The van der Waals surface area contributed by atoms with E-state index in [-0.39, 0.29) is 12.7 Å². The summed E-state index contributed by atoms with van der Waals surface area (Å²) in [6.07, 6.45) is 7.01. The van der Waals surface area contributed by atoms with Gasteiger partial charge < -0.3 is 14.2 Å². The van der Waals surface area contributed by atoms with Crippen molar-refractivity contribution in [3.63, 3.8) is 0 Å². The molecule has 0 radical (unpaired) electrons. The van der Waals surface area contributed by atoms with E-state index in [9.17, 15) is 0 Å². The summed E-state index contributed by atoms with van der Waals surface area (Å²) in [4.78, 5) is 0. The van der Waals surface area contributed by atoms with E-state index in [2.05, 4.69) is 6.58 Å². The van der Waals surface area contributed by atoms with Crippen LogP contribution in [0.15, 0.2) is 49.1 Å². The summed E-state index contributed by atoms with van der Waals surface area (Å²) < 4.78 is 14.1. The average Bonchev–Trinajstić information content (AvgIpc) is 2.59. The van der Waals surface area contributed by atoms with Gasteiger partial charge in [-0.1, -0.05) is 65.2 Å². The van der Waals surface area contributed by atoms with Crippen LogP contribution in [0.4, 0.5) is 0 Å². The van der Waals surface area contributed by atoms with E-state index in [0.717, 1.165) is 24.2 Å². The van der Waals surface area contributed by atoms with Gasteiger partial charge in [0.15, 0.2) is 0 Å². The molecule has 1 atom stereocenters. The van der Waals surface area contributed by atoms with Gasteiger partial charge in [0, 0.05) is 0 Å². The highest BCUT2D eigenvalue weighted by molar-refractivity contribution is 6.76. The summed E-state index contributed by atoms with van der Waals surface area (Å²) in [5.41, 5.74) is 1.07. The number of alkyl halides is 3. The van der Waals surface area contributed by atoms with Crippen molar-refractivity contribution in [2.24, 2.45) is 0 Å². The third-order valence-corrected chi connectivity index (χ3v) is 3.77. The standard InChI is InChI=1S/C18H22Cl3NO3/c1-3-15(25-13-14-8-10-16(23-2)11-9-14)7-5-4-6-12-24-17(22)18(19,20)21/h3-4,6,8-11,15,22H,1,5,7,12-13H2,2H3/b6-4+,22-17?/t15-/m0/s1. The normalized spacial score (nSPS) is 12.8. The first-order valence-corrected chi connectivity index (χ1v) is 8.80. The molecular weight excluding hydrogens is 385 g/mol. The molecule has 4 nitrogen and oxygen atoms in total. The average molecular weight is 407 g/mol. The molecule has 0 bridgehead atoms. The summed E-state index contributed by atoms with van der Waals surface area (Å²) in [6, 6.07) is 7.74. The van der Waals surface area contributed by atoms with Crippen molar-refractivity contribution in [1.29, 1.82) is 5.41 Å². The van der Waals surface area contributed by atoms with Gasteiger partial charge in [0.25, 0.3) is 3.79 Å². The summed E-state index contributed by atoms with van der Waals surface area (Å²) in [5.74, 6) is 0.424. The quantitative estimate of drug-likeness (QED) is 0.243. The zero-order chi connectivity index (χ0) is 18.7. The van der Waals surface area contributed by atoms with Gasteiger partial charge in [-0.2, -0.15) is 0 Å². The summed E-state index contributed by atoms with van der Waals surface area (Å²) in [7, 11) is 1.64. The van der Waals surface area contributed by atoms with Gasteiger partial charge in [-0.15, -0.1) is 6.58 Å². The molecule has 7 heteroatoms. The highest BCUT2D eigenvalue weighted by Gasteiger charge is 2.28. The largest absolute Gasteiger partial charge is 0.497 e. The Labute approximate surface area is 163 Å². The molecule has 25 heavy (non-hydrogen) atoms. The topological polar surface area (TPSA) is 51.5 Å². The lowest BCUT2D eigenvalue weighted by Gasteiger charge is -2.13. The Hall–Kier alpha value is -1.20. The predicted octanol–water partition coefficient (Wildman–Crippen LogP) is 5.47. The molecule has 0 aliphatic heterocycles. The van der Waals surface area contributed by atoms with Gasteiger partial charge in [-0.05, 0) is 30.5 Å². The number of allylic oxidation sites excluding steroid dienone is 1. The fourth-order valence-corrected chi connectivity index (χ4v) is 2.02. The monoisotopic (exact) mass is 405 g/mol. The van der Waals surface area contributed by atoms with Crippen LogP contribution in [0.25, 0.3) is 0 Å². The molecule has 0 fully saturated rings. The van der Waals surface area contributed by atoms with Crippen molar-refractivity contribution in [2.75, 3.05) is 13.7 Å². The maximum atomic E-state index is 7.39. The molecule has 1 aromatic carbocycles. The zero-order valence-electron chi connectivity index (χ0n) is 14.0. The minimum atomic E-state index is -1.82. The van der Waals surface area contributed by atoms with E-state index in [1.807, 2.05) is 30.3 Å². The van der Waals surface area contributed by atoms with Crippen LogP contribution in [0.5, 0.6) is 5.75 Å². The number of rotatable bonds is 10. The molecule has 0 aromatic heterocycles. The van der Waals surface area contributed by atoms with E-state index in [0.29, 0.717) is 6.61 Å². The molecule has 0 unspecified atom stereocenters. The van der Waals surface area contributed by atoms with E-state index < -0.39 is 9.69 Å². The lowest BCUT2D eigenvalue weighted by atomic mass is 10.2. The van der Waals surface area contributed by atoms with Crippen LogP contribution in [-0.2, 0) is 16.1 Å². The van der Waals surface area contributed by atoms with Crippen molar-refractivity contribution in [2.45, 2.75) is 29.3 Å². The zero-order valence-corrected chi connectivity index (χ0v) is 16.3. The summed E-state index contributed by atoms with van der Waals surface area (Å²) >= 11 is 16.5. The lowest BCUT2D eigenvalue weighted by molar-refractivity contribution is 0.0673. The van der Waals surface area contributed by atoms with Crippen molar-refractivity contribution < 1.29 is 14.2 Å². The second kappa shape index (κ2) is 11.4. The number of hydrogen-bond acceptors (Lipinski definition) is 4. The molecule has 0 saturated heterocycles. The molecule has 0 aliphatic rings. The first-order valence-electron chi connectivity index (χ1n) is 7.67.